The number of hydrogen-bond acceptors (Lipinski definition) is 4. The van der Waals surface area contributed by atoms with Crippen LogP contribution in [0.15, 0.2) is 24.5 Å². The Morgan fingerprint density at radius 1 is 1.41 bits per heavy atom. The lowest BCUT2D eigenvalue weighted by atomic mass is 10.2. The number of carbonyl (C=O) groups is 2. The molecule has 1 fully saturated rings. The van der Waals surface area contributed by atoms with Gasteiger partial charge < -0.3 is 14.9 Å². The van der Waals surface area contributed by atoms with Crippen LogP contribution in [0, 0.1) is 0 Å². The minimum Gasteiger partial charge on any atom is -0.383 e. The van der Waals surface area contributed by atoms with Crippen molar-refractivity contribution in [3.63, 3.8) is 0 Å². The first-order valence-electron chi connectivity index (χ1n) is 7.67. The minimum absolute atomic E-state index is 0.0444. The third-order valence-electron chi connectivity index (χ3n) is 3.99. The number of aromatic nitrogens is 1. The Morgan fingerprint density at radius 2 is 2.14 bits per heavy atom. The summed E-state index contributed by atoms with van der Waals surface area (Å²) in [5, 5.41) is 9.71. The molecule has 1 aliphatic rings. The molecular weight excluding hydrogens is 282 g/mol. The maximum atomic E-state index is 12.2. The molecular formula is C16H23N3O3. The molecule has 0 spiro atoms. The fourth-order valence-corrected chi connectivity index (χ4v) is 2.50. The summed E-state index contributed by atoms with van der Waals surface area (Å²) in [4.78, 5) is 31.3. The first-order valence-corrected chi connectivity index (χ1v) is 7.67. The second-order valence-electron chi connectivity index (χ2n) is 5.69. The molecule has 1 unspecified atom stereocenters. The van der Waals surface area contributed by atoms with Gasteiger partial charge in [0.15, 0.2) is 0 Å². The van der Waals surface area contributed by atoms with E-state index in [1.54, 1.807) is 24.3 Å². The van der Waals surface area contributed by atoms with Crippen molar-refractivity contribution < 1.29 is 14.7 Å². The standard InChI is InChI=1S/C16H23N3O3/c1-18(11-7-13-5-8-17-9-6-13)15(21)12-19-10-3-2-4-14(20)16(19)22/h5-6,8-9,14,20H,2-4,7,10-12H2,1H3. The fraction of sp³-hybridized carbons (Fsp3) is 0.562. The third kappa shape index (κ3) is 4.53. The Kier molecular flexibility index (Phi) is 5.89. The van der Waals surface area contributed by atoms with E-state index in [0.29, 0.717) is 19.5 Å². The first kappa shape index (κ1) is 16.4. The second-order valence-corrected chi connectivity index (χ2v) is 5.69. The number of aliphatic hydroxyl groups is 1. The maximum Gasteiger partial charge on any atom is 0.251 e. The van der Waals surface area contributed by atoms with Crippen LogP contribution in [-0.4, -0.2) is 64.5 Å². The number of hydrogen-bond donors (Lipinski definition) is 1. The summed E-state index contributed by atoms with van der Waals surface area (Å²) in [6, 6.07) is 3.85. The van der Waals surface area contributed by atoms with Gasteiger partial charge in [0, 0.05) is 32.5 Å². The predicted molar refractivity (Wildman–Crippen MR) is 82.0 cm³/mol. The van der Waals surface area contributed by atoms with E-state index in [1.165, 1.54) is 4.90 Å². The highest BCUT2D eigenvalue weighted by Gasteiger charge is 2.27. The topological polar surface area (TPSA) is 73.7 Å². The van der Waals surface area contributed by atoms with Gasteiger partial charge in [-0.15, -0.1) is 0 Å². The predicted octanol–water partition coefficient (Wildman–Crippen LogP) is 0.456. The van der Waals surface area contributed by atoms with Crippen LogP contribution in [0.1, 0.15) is 24.8 Å². The summed E-state index contributed by atoms with van der Waals surface area (Å²) in [6.45, 7) is 1.18. The first-order chi connectivity index (χ1) is 10.6. The molecule has 0 saturated carbocycles. The zero-order valence-electron chi connectivity index (χ0n) is 12.9. The normalized spacial score (nSPS) is 18.9. The third-order valence-corrected chi connectivity index (χ3v) is 3.99. The van der Waals surface area contributed by atoms with Crippen molar-refractivity contribution in [2.24, 2.45) is 0 Å². The van der Waals surface area contributed by atoms with Gasteiger partial charge in [0.05, 0.1) is 6.54 Å². The largest absolute Gasteiger partial charge is 0.383 e. The lowest BCUT2D eigenvalue weighted by molar-refractivity contribution is -0.144. The van der Waals surface area contributed by atoms with Gasteiger partial charge in [0.1, 0.15) is 6.10 Å². The Morgan fingerprint density at radius 3 is 2.86 bits per heavy atom. The van der Waals surface area contributed by atoms with E-state index in [1.807, 2.05) is 12.1 Å². The molecule has 1 N–H and O–H groups in total. The number of likely N-dealkylation sites (N-methyl/N-ethyl adjacent to an activating group) is 1. The highest BCUT2D eigenvalue weighted by molar-refractivity contribution is 5.87. The molecule has 1 saturated heterocycles. The fourth-order valence-electron chi connectivity index (χ4n) is 2.50. The number of rotatable bonds is 5. The highest BCUT2D eigenvalue weighted by Crippen LogP contribution is 2.12. The average molecular weight is 305 g/mol. The highest BCUT2D eigenvalue weighted by atomic mass is 16.3. The molecule has 22 heavy (non-hydrogen) atoms. The van der Waals surface area contributed by atoms with Gasteiger partial charge in [0.25, 0.3) is 5.91 Å². The minimum atomic E-state index is -0.961. The van der Waals surface area contributed by atoms with Gasteiger partial charge >= 0.3 is 0 Å². The van der Waals surface area contributed by atoms with Crippen LogP contribution in [0.3, 0.4) is 0 Å². The Bertz CT molecular complexity index is 507. The van der Waals surface area contributed by atoms with Crippen molar-refractivity contribution in [2.45, 2.75) is 31.8 Å². The Hall–Kier alpha value is -1.95. The number of likely N-dealkylation sites (tertiary alicyclic amines) is 1. The molecule has 1 aromatic rings. The van der Waals surface area contributed by atoms with Gasteiger partial charge in [-0.1, -0.05) is 0 Å². The van der Waals surface area contributed by atoms with Crippen molar-refractivity contribution in [3.8, 4) is 0 Å². The zero-order chi connectivity index (χ0) is 15.9. The van der Waals surface area contributed by atoms with E-state index in [-0.39, 0.29) is 18.4 Å². The number of pyridine rings is 1. The molecule has 0 aromatic carbocycles. The van der Waals surface area contributed by atoms with Gasteiger partial charge in [-0.25, -0.2) is 0 Å². The number of amides is 2. The molecule has 0 aliphatic carbocycles. The Labute approximate surface area is 130 Å². The van der Waals surface area contributed by atoms with Crippen molar-refractivity contribution in [1.82, 2.24) is 14.8 Å². The zero-order valence-corrected chi connectivity index (χ0v) is 12.9. The van der Waals surface area contributed by atoms with Crippen molar-refractivity contribution in [1.29, 1.82) is 0 Å². The van der Waals surface area contributed by atoms with Crippen LogP contribution in [-0.2, 0) is 16.0 Å². The molecule has 6 nitrogen and oxygen atoms in total. The summed E-state index contributed by atoms with van der Waals surface area (Å²) in [5.74, 6) is -0.426. The average Bonchev–Trinajstić information content (AvgIpc) is 2.69. The van der Waals surface area contributed by atoms with E-state index in [4.69, 9.17) is 0 Å². The lowest BCUT2D eigenvalue weighted by Crippen LogP contribution is -2.45. The Balaban J connectivity index is 1.84. The summed E-state index contributed by atoms with van der Waals surface area (Å²) >= 11 is 0. The van der Waals surface area contributed by atoms with Gasteiger partial charge in [0.2, 0.25) is 5.91 Å². The molecule has 0 bridgehead atoms. The SMILES string of the molecule is CN(CCc1ccncc1)C(=O)CN1CCCCC(O)C1=O. The number of aliphatic hydroxyl groups excluding tert-OH is 1. The molecule has 1 atom stereocenters. The molecule has 2 rings (SSSR count). The molecule has 120 valence electrons. The molecule has 6 heteroatoms. The number of nitrogens with zero attached hydrogens (tertiary/aromatic N) is 3. The van der Waals surface area contributed by atoms with Gasteiger partial charge in [-0.2, -0.15) is 0 Å². The molecule has 2 heterocycles. The van der Waals surface area contributed by atoms with E-state index in [2.05, 4.69) is 4.98 Å². The van der Waals surface area contributed by atoms with Crippen LogP contribution in [0.2, 0.25) is 0 Å². The molecule has 0 radical (unpaired) electrons. The van der Waals surface area contributed by atoms with Gasteiger partial charge in [-0.05, 0) is 43.4 Å². The molecule has 1 aromatic heterocycles. The molecule has 1 aliphatic heterocycles. The van der Waals surface area contributed by atoms with Crippen molar-refractivity contribution in [2.75, 3.05) is 26.7 Å². The summed E-state index contributed by atoms with van der Waals surface area (Å²) in [7, 11) is 1.74. The van der Waals surface area contributed by atoms with Crippen molar-refractivity contribution in [3.05, 3.63) is 30.1 Å². The maximum absolute atomic E-state index is 12.2. The quantitative estimate of drug-likeness (QED) is 0.857. The van der Waals surface area contributed by atoms with Gasteiger partial charge in [-0.3, -0.25) is 14.6 Å². The van der Waals surface area contributed by atoms with Crippen LogP contribution >= 0.6 is 0 Å². The number of carbonyl (C=O) groups excluding carboxylic acids is 2. The van der Waals surface area contributed by atoms with Crippen LogP contribution in [0.5, 0.6) is 0 Å². The van der Waals surface area contributed by atoms with Crippen LogP contribution in [0.25, 0.3) is 0 Å². The van der Waals surface area contributed by atoms with E-state index in [0.717, 1.165) is 24.8 Å². The van der Waals surface area contributed by atoms with E-state index < -0.39 is 6.10 Å². The van der Waals surface area contributed by atoms with E-state index >= 15 is 0 Å². The summed E-state index contributed by atoms with van der Waals surface area (Å²) in [5.41, 5.74) is 1.12. The van der Waals surface area contributed by atoms with Crippen molar-refractivity contribution >= 4 is 11.8 Å². The monoisotopic (exact) mass is 305 g/mol. The molecule has 2 amide bonds. The summed E-state index contributed by atoms with van der Waals surface area (Å²) < 4.78 is 0. The van der Waals surface area contributed by atoms with E-state index in [9.17, 15) is 14.7 Å². The smallest absolute Gasteiger partial charge is 0.251 e. The lowest BCUT2D eigenvalue weighted by Gasteiger charge is -2.25. The summed E-state index contributed by atoms with van der Waals surface area (Å²) in [6.07, 6.45) is 5.38. The van der Waals surface area contributed by atoms with Crippen LogP contribution in [0.4, 0.5) is 0 Å². The second kappa shape index (κ2) is 7.89. The van der Waals surface area contributed by atoms with Crippen LogP contribution < -0.4 is 0 Å².